The highest BCUT2D eigenvalue weighted by molar-refractivity contribution is 7.93. The van der Waals surface area contributed by atoms with E-state index in [2.05, 4.69) is 5.32 Å². The largest absolute Gasteiger partial charge is 0.491 e. The molecular weight excluding hydrogens is 592 g/mol. The topological polar surface area (TPSA) is 142 Å². The molecule has 1 spiro atoms. The zero-order valence-corrected chi connectivity index (χ0v) is 25.5. The van der Waals surface area contributed by atoms with Gasteiger partial charge in [-0.3, -0.25) is 0 Å². The van der Waals surface area contributed by atoms with Gasteiger partial charge < -0.3 is 25.0 Å². The fourth-order valence-electron chi connectivity index (χ4n) is 6.12. The van der Waals surface area contributed by atoms with Gasteiger partial charge in [0.25, 0.3) is 0 Å². The molecule has 2 atom stereocenters. The molecule has 3 aromatic rings. The molecule has 3 fully saturated rings. The Morgan fingerprint density at radius 3 is 2.40 bits per heavy atom. The predicted molar refractivity (Wildman–Crippen MR) is 161 cm³/mol. The number of sulfone groups is 1. The smallest absolute Gasteiger partial charge is 0.243 e. The average Bonchev–Trinajstić information content (AvgIpc) is 3.75. The van der Waals surface area contributed by atoms with Crippen molar-refractivity contribution in [1.29, 1.82) is 0 Å². The lowest BCUT2D eigenvalue weighted by atomic mass is 9.88. The number of piperidine rings is 1. The van der Waals surface area contributed by atoms with Gasteiger partial charge in [0.1, 0.15) is 18.5 Å². The predicted octanol–water partition coefficient (Wildman–Crippen LogP) is 2.48. The molecule has 6 rings (SSSR count). The van der Waals surface area contributed by atoms with Crippen LogP contribution in [0.2, 0.25) is 0 Å². The molecule has 2 aliphatic heterocycles. The lowest BCUT2D eigenvalue weighted by Gasteiger charge is -2.38. The number of fused-ring (bicyclic) bond motifs is 1. The van der Waals surface area contributed by atoms with Crippen molar-refractivity contribution in [2.24, 2.45) is 0 Å². The summed E-state index contributed by atoms with van der Waals surface area (Å²) < 4.78 is 64.8. The van der Waals surface area contributed by atoms with Crippen LogP contribution in [0.25, 0.3) is 10.8 Å². The van der Waals surface area contributed by atoms with Crippen molar-refractivity contribution in [1.82, 2.24) is 9.62 Å². The molecule has 2 heterocycles. The van der Waals surface area contributed by atoms with Gasteiger partial charge in [-0.15, -0.1) is 0 Å². The lowest BCUT2D eigenvalue weighted by molar-refractivity contribution is -0.0312. The van der Waals surface area contributed by atoms with Crippen LogP contribution in [0.5, 0.6) is 5.75 Å². The number of nitrogens with one attached hydrogen (secondary N) is 1. The molecule has 232 valence electrons. The first-order chi connectivity index (χ1) is 20.6. The van der Waals surface area contributed by atoms with E-state index in [4.69, 9.17) is 9.47 Å². The Balaban J connectivity index is 0.971. The van der Waals surface area contributed by atoms with Crippen molar-refractivity contribution in [3.05, 3.63) is 66.7 Å². The van der Waals surface area contributed by atoms with E-state index in [0.29, 0.717) is 56.0 Å². The highest BCUT2D eigenvalue weighted by Gasteiger charge is 2.54. The minimum absolute atomic E-state index is 0.0139. The monoisotopic (exact) mass is 630 g/mol. The summed E-state index contributed by atoms with van der Waals surface area (Å²) in [5.74, 6) is 0.336. The third-order valence-corrected chi connectivity index (χ3v) is 13.5. The minimum atomic E-state index is -3.66. The van der Waals surface area contributed by atoms with Crippen LogP contribution in [-0.2, 0) is 24.6 Å². The van der Waals surface area contributed by atoms with Gasteiger partial charge in [-0.1, -0.05) is 36.4 Å². The van der Waals surface area contributed by atoms with Gasteiger partial charge in [0.2, 0.25) is 10.0 Å². The summed E-state index contributed by atoms with van der Waals surface area (Å²) in [6, 6.07) is 19.1. The second kappa shape index (κ2) is 11.7. The number of aliphatic hydroxyl groups excluding tert-OH is 2. The maximum absolute atomic E-state index is 13.4. The molecule has 3 aliphatic rings. The standard InChI is InChI=1S/C31H38N2O8S2/c34-22-31(10-11-31)42(36,37)28-7-3-6-27(17-28)40-21-26(35)19-32-25-18-30(41-20-25)12-14-33(15-13-30)43(38,39)29-9-8-23-4-1-2-5-24(23)16-29/h1-9,16-17,25-26,32,34-35H,10-15,18-22H2. The maximum Gasteiger partial charge on any atom is 0.243 e. The van der Waals surface area contributed by atoms with Crippen LogP contribution in [0.4, 0.5) is 0 Å². The summed E-state index contributed by atoms with van der Waals surface area (Å²) >= 11 is 0. The molecule has 3 aromatic carbocycles. The molecule has 1 aliphatic carbocycles. The van der Waals surface area contributed by atoms with Crippen LogP contribution in [0.15, 0.2) is 76.5 Å². The SMILES string of the molecule is O=S(=O)(c1ccc2ccccc2c1)N1CCC2(CC1)CC(NCC(O)COc1cccc(S(=O)(=O)C3(CO)CC3)c1)CO2. The molecule has 0 aromatic heterocycles. The van der Waals surface area contributed by atoms with Crippen molar-refractivity contribution in [3.8, 4) is 5.75 Å². The molecule has 2 unspecified atom stereocenters. The van der Waals surface area contributed by atoms with Crippen LogP contribution in [0, 0.1) is 0 Å². The number of sulfonamides is 1. The first-order valence-corrected chi connectivity index (χ1v) is 17.6. The van der Waals surface area contributed by atoms with Gasteiger partial charge in [-0.2, -0.15) is 4.31 Å². The minimum Gasteiger partial charge on any atom is -0.491 e. The van der Waals surface area contributed by atoms with Crippen LogP contribution >= 0.6 is 0 Å². The second-order valence-corrected chi connectivity index (χ2v) is 16.3. The van der Waals surface area contributed by atoms with E-state index in [9.17, 15) is 27.0 Å². The van der Waals surface area contributed by atoms with E-state index in [-0.39, 0.29) is 24.1 Å². The van der Waals surface area contributed by atoms with Gasteiger partial charge in [-0.05, 0) is 73.2 Å². The van der Waals surface area contributed by atoms with Crippen molar-refractivity contribution in [2.75, 3.05) is 39.5 Å². The summed E-state index contributed by atoms with van der Waals surface area (Å²) in [6.07, 6.45) is 1.96. The van der Waals surface area contributed by atoms with Crippen molar-refractivity contribution >= 4 is 30.6 Å². The molecule has 12 heteroatoms. The van der Waals surface area contributed by atoms with Gasteiger partial charge in [0, 0.05) is 25.7 Å². The third-order valence-electron chi connectivity index (χ3n) is 9.07. The number of benzene rings is 3. The quantitative estimate of drug-likeness (QED) is 0.291. The highest BCUT2D eigenvalue weighted by atomic mass is 32.2. The molecule has 43 heavy (non-hydrogen) atoms. The van der Waals surface area contributed by atoms with Crippen molar-refractivity contribution < 1.29 is 36.5 Å². The second-order valence-electron chi connectivity index (χ2n) is 12.0. The fraction of sp³-hybridized carbons (Fsp3) is 0.484. The van der Waals surface area contributed by atoms with Crippen LogP contribution < -0.4 is 10.1 Å². The fourth-order valence-corrected chi connectivity index (χ4v) is 9.44. The Labute approximate surface area is 252 Å². The first-order valence-electron chi connectivity index (χ1n) is 14.7. The Hall–Kier alpha value is -2.58. The van der Waals surface area contributed by atoms with E-state index in [1.807, 2.05) is 30.3 Å². The zero-order chi connectivity index (χ0) is 30.3. The van der Waals surface area contributed by atoms with E-state index in [1.165, 1.54) is 12.1 Å². The van der Waals surface area contributed by atoms with Crippen LogP contribution in [0.1, 0.15) is 32.1 Å². The van der Waals surface area contributed by atoms with Gasteiger partial charge >= 0.3 is 0 Å². The number of rotatable bonds is 11. The Kier molecular flexibility index (Phi) is 8.31. The molecule has 10 nitrogen and oxygen atoms in total. The number of hydrogen-bond donors (Lipinski definition) is 3. The van der Waals surface area contributed by atoms with E-state index in [0.717, 1.165) is 17.2 Å². The Morgan fingerprint density at radius 1 is 0.930 bits per heavy atom. The Bertz CT molecular complexity index is 1680. The zero-order valence-electron chi connectivity index (χ0n) is 23.9. The summed E-state index contributed by atoms with van der Waals surface area (Å²) in [5.41, 5.74) is -0.395. The van der Waals surface area contributed by atoms with E-state index < -0.39 is 42.9 Å². The lowest BCUT2D eigenvalue weighted by Crippen LogP contribution is -2.47. The summed E-state index contributed by atoms with van der Waals surface area (Å²) in [4.78, 5) is 0.407. The van der Waals surface area contributed by atoms with E-state index >= 15 is 0 Å². The summed E-state index contributed by atoms with van der Waals surface area (Å²) in [7, 11) is -7.27. The average molecular weight is 631 g/mol. The third kappa shape index (κ3) is 6.06. The van der Waals surface area contributed by atoms with Crippen molar-refractivity contribution in [2.45, 2.75) is 64.4 Å². The van der Waals surface area contributed by atoms with Gasteiger partial charge in [0.05, 0.1) is 33.4 Å². The number of hydrogen-bond acceptors (Lipinski definition) is 9. The number of ether oxygens (including phenoxy) is 2. The molecule has 0 radical (unpaired) electrons. The maximum atomic E-state index is 13.4. The molecule has 0 bridgehead atoms. The molecular formula is C31H38N2O8S2. The normalized spacial score (nSPS) is 22.5. The first kappa shape index (κ1) is 30.4. The van der Waals surface area contributed by atoms with Crippen molar-refractivity contribution in [3.63, 3.8) is 0 Å². The molecule has 3 N–H and O–H groups in total. The van der Waals surface area contributed by atoms with Gasteiger partial charge in [-0.25, -0.2) is 16.8 Å². The van der Waals surface area contributed by atoms with Crippen LogP contribution in [0.3, 0.4) is 0 Å². The Morgan fingerprint density at radius 2 is 1.67 bits per heavy atom. The summed E-state index contributed by atoms with van der Waals surface area (Å²) in [6.45, 7) is 1.07. The summed E-state index contributed by atoms with van der Waals surface area (Å²) in [5, 5.41) is 25.3. The highest BCUT2D eigenvalue weighted by Crippen LogP contribution is 2.46. The van der Waals surface area contributed by atoms with Gasteiger partial charge in [0.15, 0.2) is 9.84 Å². The molecule has 0 amide bonds. The number of nitrogens with zero attached hydrogens (tertiary/aromatic N) is 1. The molecule has 1 saturated carbocycles. The molecule has 2 saturated heterocycles. The van der Waals surface area contributed by atoms with Crippen LogP contribution in [-0.4, -0.2) is 93.3 Å². The van der Waals surface area contributed by atoms with E-state index in [1.54, 1.807) is 28.6 Å². The number of aliphatic hydroxyl groups is 2.